The van der Waals surface area contributed by atoms with Gasteiger partial charge in [-0.1, -0.05) is 0 Å². The third-order valence-corrected chi connectivity index (χ3v) is 2.45. The van der Waals surface area contributed by atoms with E-state index in [1.807, 2.05) is 0 Å². The first-order valence-corrected chi connectivity index (χ1v) is 4.87. The van der Waals surface area contributed by atoms with Gasteiger partial charge in [-0.15, -0.1) is 0 Å². The van der Waals surface area contributed by atoms with Gasteiger partial charge in [-0.2, -0.15) is 0 Å². The van der Waals surface area contributed by atoms with Crippen LogP contribution in [0.4, 0.5) is 0 Å². The Kier molecular flexibility index (Phi) is 4.35. The zero-order valence-electron chi connectivity index (χ0n) is 9.53. The minimum atomic E-state index is -0.0896. The summed E-state index contributed by atoms with van der Waals surface area (Å²) in [5, 5.41) is 0. The van der Waals surface area contributed by atoms with E-state index in [1.165, 1.54) is 13.2 Å². The van der Waals surface area contributed by atoms with Crippen molar-refractivity contribution < 1.29 is 14.0 Å². The minimum absolute atomic E-state index is 0. The summed E-state index contributed by atoms with van der Waals surface area (Å²) >= 11 is 0. The van der Waals surface area contributed by atoms with Gasteiger partial charge in [-0.3, -0.25) is 9.59 Å². The molecule has 0 aromatic carbocycles. The molecule has 1 N–H and O–H groups in total. The van der Waals surface area contributed by atoms with Crippen molar-refractivity contribution in [1.82, 2.24) is 4.98 Å². The summed E-state index contributed by atoms with van der Waals surface area (Å²) in [7, 11) is 0. The Balaban J connectivity index is 0.00000144. The normalized spacial score (nSPS) is 9.76. The number of nitrogens with one attached hydrogen (secondary N) is 1. The monoisotopic (exact) mass is 339 g/mol. The molecule has 2 radical (unpaired) electrons. The average Bonchev–Trinajstić information content (AvgIpc) is 2.82. The molecular weight excluding hydrogens is 328 g/mol. The molecule has 17 heavy (non-hydrogen) atoms. The van der Waals surface area contributed by atoms with E-state index in [2.05, 4.69) is 4.98 Å². The molecule has 0 unspecified atom stereocenters. The first-order chi connectivity index (χ1) is 7.65. The van der Waals surface area contributed by atoms with E-state index >= 15 is 0 Å². The number of aromatic amines is 1. The van der Waals surface area contributed by atoms with Crippen molar-refractivity contribution in [2.75, 3.05) is 0 Å². The predicted molar refractivity (Wildman–Crippen MR) is 65.8 cm³/mol. The van der Waals surface area contributed by atoms with Gasteiger partial charge in [0.25, 0.3) is 0 Å². The summed E-state index contributed by atoms with van der Waals surface area (Å²) in [5.74, 6) is 0.435. The number of aromatic nitrogens is 1. The number of aryl methyl sites for hydroxylation is 1. The number of ketones is 1. The second-order valence-corrected chi connectivity index (χ2v) is 3.57. The van der Waals surface area contributed by atoms with Gasteiger partial charge in [-0.05, 0) is 26.0 Å². The van der Waals surface area contributed by atoms with Gasteiger partial charge in [0.2, 0.25) is 0 Å². The maximum atomic E-state index is 11.5. The molecule has 0 spiro atoms. The SMILES string of the molecule is CC(=O)c1c(C)[nH]c(C=O)c1-c1ccco1.[SbH]. The Morgan fingerprint density at radius 3 is 2.65 bits per heavy atom. The van der Waals surface area contributed by atoms with Crippen LogP contribution in [0.1, 0.15) is 33.5 Å². The fourth-order valence-corrected chi connectivity index (χ4v) is 1.85. The van der Waals surface area contributed by atoms with Crippen molar-refractivity contribution in [3.05, 3.63) is 35.3 Å². The molecule has 5 heteroatoms. The van der Waals surface area contributed by atoms with Gasteiger partial charge in [-0.25, -0.2) is 0 Å². The van der Waals surface area contributed by atoms with Gasteiger partial charge in [0.05, 0.1) is 17.5 Å². The molecule has 0 fully saturated rings. The molecule has 0 amide bonds. The molecule has 2 rings (SSSR count). The Morgan fingerprint density at radius 1 is 1.47 bits per heavy atom. The van der Waals surface area contributed by atoms with Crippen LogP contribution in [-0.4, -0.2) is 41.5 Å². The van der Waals surface area contributed by atoms with Crippen molar-refractivity contribution in [2.45, 2.75) is 13.8 Å². The summed E-state index contributed by atoms with van der Waals surface area (Å²) in [4.78, 5) is 25.3. The molecule has 0 saturated carbocycles. The van der Waals surface area contributed by atoms with E-state index in [4.69, 9.17) is 4.42 Å². The van der Waals surface area contributed by atoms with E-state index in [0.717, 1.165) is 0 Å². The standard InChI is InChI=1S/C12H11NO3.Sb.H/c1-7-11(8(2)15)12(9(6-14)13-7)10-4-3-5-16-10;;/h3-6,13H,1-2H3;;. The third-order valence-electron chi connectivity index (χ3n) is 2.45. The van der Waals surface area contributed by atoms with E-state index < -0.39 is 0 Å². The van der Waals surface area contributed by atoms with E-state index in [0.29, 0.717) is 34.6 Å². The van der Waals surface area contributed by atoms with Crippen LogP contribution in [0.5, 0.6) is 0 Å². The second kappa shape index (κ2) is 5.37. The van der Waals surface area contributed by atoms with E-state index in [1.54, 1.807) is 19.1 Å². The number of H-pyrrole nitrogens is 1. The molecular formula is C12H12NO3Sb. The Labute approximate surface area is 116 Å². The van der Waals surface area contributed by atoms with Crippen LogP contribution in [-0.2, 0) is 0 Å². The van der Waals surface area contributed by atoms with Crippen LogP contribution >= 0.6 is 0 Å². The van der Waals surface area contributed by atoms with Crippen molar-refractivity contribution in [3.8, 4) is 11.3 Å². The Hall–Kier alpha value is -1.28. The molecule has 0 saturated heterocycles. The molecule has 2 aromatic rings. The van der Waals surface area contributed by atoms with Crippen molar-refractivity contribution in [3.63, 3.8) is 0 Å². The molecule has 0 bridgehead atoms. The number of aldehydes is 1. The zero-order valence-corrected chi connectivity index (χ0v) is 12.4. The summed E-state index contributed by atoms with van der Waals surface area (Å²) in [5.41, 5.74) is 2.11. The topological polar surface area (TPSA) is 63.1 Å². The molecule has 4 nitrogen and oxygen atoms in total. The third kappa shape index (κ3) is 2.37. The molecule has 0 aliphatic heterocycles. The van der Waals surface area contributed by atoms with E-state index in [9.17, 15) is 9.59 Å². The quantitative estimate of drug-likeness (QED) is 0.528. The summed E-state index contributed by atoms with van der Waals surface area (Å²) in [6.07, 6.45) is 2.20. The number of carbonyl (C=O) groups excluding carboxylic acids is 2. The second-order valence-electron chi connectivity index (χ2n) is 3.57. The van der Waals surface area contributed by atoms with Crippen molar-refractivity contribution >= 4 is 36.5 Å². The van der Waals surface area contributed by atoms with Gasteiger partial charge in [0.1, 0.15) is 5.76 Å². The average molecular weight is 340 g/mol. The number of furan rings is 1. The molecule has 2 aromatic heterocycles. The van der Waals surface area contributed by atoms with Crippen LogP contribution < -0.4 is 0 Å². The van der Waals surface area contributed by atoms with Crippen LogP contribution in [0.2, 0.25) is 0 Å². The predicted octanol–water partition coefficient (Wildman–Crippen LogP) is 1.95. The number of Topliss-reactive ketones (excluding diaryl/α,β-unsaturated/α-hetero) is 1. The van der Waals surface area contributed by atoms with Gasteiger partial charge in [0, 0.05) is 11.3 Å². The summed E-state index contributed by atoms with van der Waals surface area (Å²) in [6, 6.07) is 3.44. The van der Waals surface area contributed by atoms with E-state index in [-0.39, 0.29) is 30.2 Å². The number of hydrogen-bond acceptors (Lipinski definition) is 3. The van der Waals surface area contributed by atoms with Gasteiger partial charge in [0.15, 0.2) is 12.1 Å². The number of hydrogen-bond donors (Lipinski definition) is 1. The van der Waals surface area contributed by atoms with Gasteiger partial charge >= 0.3 is 24.4 Å². The molecule has 0 aliphatic rings. The number of rotatable bonds is 3. The zero-order chi connectivity index (χ0) is 11.7. The Morgan fingerprint density at radius 2 is 2.18 bits per heavy atom. The van der Waals surface area contributed by atoms with Gasteiger partial charge < -0.3 is 9.40 Å². The van der Waals surface area contributed by atoms with Crippen molar-refractivity contribution in [2.24, 2.45) is 0 Å². The number of carbonyl (C=O) groups is 2. The fourth-order valence-electron chi connectivity index (χ4n) is 1.85. The first-order valence-electron chi connectivity index (χ1n) is 4.87. The fraction of sp³-hybridized carbons (Fsp3) is 0.167. The Bertz CT molecular complexity index is 540. The van der Waals surface area contributed by atoms with Crippen LogP contribution in [0.3, 0.4) is 0 Å². The van der Waals surface area contributed by atoms with Crippen LogP contribution in [0.15, 0.2) is 22.8 Å². The molecule has 0 aliphatic carbocycles. The van der Waals surface area contributed by atoms with Crippen LogP contribution in [0, 0.1) is 6.92 Å². The van der Waals surface area contributed by atoms with Crippen LogP contribution in [0.25, 0.3) is 11.3 Å². The molecule has 88 valence electrons. The summed E-state index contributed by atoms with van der Waals surface area (Å²) < 4.78 is 5.24. The molecule has 0 atom stereocenters. The van der Waals surface area contributed by atoms with Crippen molar-refractivity contribution in [1.29, 1.82) is 0 Å². The first kappa shape index (κ1) is 13.8. The summed E-state index contributed by atoms with van der Waals surface area (Å²) in [6.45, 7) is 3.23. The maximum absolute atomic E-state index is 11.5. The molecule has 2 heterocycles.